The normalized spacial score (nSPS) is 13.4. The molecule has 8 heteroatoms. The van der Waals surface area contributed by atoms with Crippen molar-refractivity contribution in [2.24, 2.45) is 0 Å². The Kier molecular flexibility index (Phi) is 5.02. The van der Waals surface area contributed by atoms with Crippen molar-refractivity contribution < 1.29 is 18.0 Å². The van der Waals surface area contributed by atoms with Crippen molar-refractivity contribution in [3.8, 4) is 0 Å². The first-order valence-corrected chi connectivity index (χ1v) is 6.23. The number of aromatic nitrogens is 2. The molecule has 0 radical (unpaired) electrons. The molecule has 0 spiro atoms. The van der Waals surface area contributed by atoms with Gasteiger partial charge in [-0.2, -0.15) is 18.3 Å². The summed E-state index contributed by atoms with van der Waals surface area (Å²) in [4.78, 5) is 13.5. The highest BCUT2D eigenvalue weighted by Gasteiger charge is 2.28. The Bertz CT molecular complexity index is 456. The van der Waals surface area contributed by atoms with Crippen LogP contribution in [0, 0.1) is 0 Å². The summed E-state index contributed by atoms with van der Waals surface area (Å²) in [7, 11) is 1.67. The van der Waals surface area contributed by atoms with Crippen LogP contribution in [0.15, 0.2) is 12.3 Å². The SMILES string of the molecule is CC(C)N(C)C(=O)[C@@H](C)Nc1ccn(CC(F)(F)F)n1. The van der Waals surface area contributed by atoms with Gasteiger partial charge in [-0.3, -0.25) is 9.48 Å². The highest BCUT2D eigenvalue weighted by Crippen LogP contribution is 2.17. The smallest absolute Gasteiger partial charge is 0.357 e. The van der Waals surface area contributed by atoms with E-state index in [9.17, 15) is 18.0 Å². The zero-order valence-corrected chi connectivity index (χ0v) is 11.9. The monoisotopic (exact) mass is 292 g/mol. The number of carbonyl (C=O) groups is 1. The third kappa shape index (κ3) is 4.75. The number of likely N-dealkylation sites (N-methyl/N-ethyl adjacent to an activating group) is 1. The molecule has 0 aromatic carbocycles. The molecule has 0 bridgehead atoms. The third-order valence-corrected chi connectivity index (χ3v) is 2.84. The van der Waals surface area contributed by atoms with Gasteiger partial charge in [-0.05, 0) is 20.8 Å². The van der Waals surface area contributed by atoms with Crippen LogP contribution in [0.2, 0.25) is 0 Å². The summed E-state index contributed by atoms with van der Waals surface area (Å²) >= 11 is 0. The molecule has 1 aromatic heterocycles. The van der Waals surface area contributed by atoms with Gasteiger partial charge in [0.15, 0.2) is 0 Å². The van der Waals surface area contributed by atoms with Crippen LogP contribution < -0.4 is 5.32 Å². The number of carbonyl (C=O) groups excluding carboxylic acids is 1. The minimum Gasteiger partial charge on any atom is -0.357 e. The Balaban J connectivity index is 2.63. The Morgan fingerprint density at radius 3 is 2.55 bits per heavy atom. The molecule has 1 amide bonds. The molecule has 0 unspecified atom stereocenters. The molecule has 1 N–H and O–H groups in total. The van der Waals surface area contributed by atoms with E-state index in [4.69, 9.17) is 0 Å². The maximum absolute atomic E-state index is 12.2. The van der Waals surface area contributed by atoms with Crippen LogP contribution >= 0.6 is 0 Å². The topological polar surface area (TPSA) is 50.2 Å². The number of nitrogens with one attached hydrogen (secondary N) is 1. The molecule has 0 saturated carbocycles. The van der Waals surface area contributed by atoms with E-state index in [0.717, 1.165) is 4.68 Å². The molecule has 5 nitrogen and oxygen atoms in total. The van der Waals surface area contributed by atoms with Crippen LogP contribution in [0.25, 0.3) is 0 Å². The minimum atomic E-state index is -4.32. The second-order valence-corrected chi connectivity index (χ2v) is 4.92. The molecule has 1 atom stereocenters. The largest absolute Gasteiger partial charge is 0.408 e. The third-order valence-electron chi connectivity index (χ3n) is 2.84. The maximum Gasteiger partial charge on any atom is 0.408 e. The predicted molar refractivity (Wildman–Crippen MR) is 69.3 cm³/mol. The van der Waals surface area contributed by atoms with Gasteiger partial charge in [0.05, 0.1) is 0 Å². The molecule has 0 fully saturated rings. The molecule has 20 heavy (non-hydrogen) atoms. The molecule has 0 aliphatic heterocycles. The van der Waals surface area contributed by atoms with Crippen LogP contribution in [0.4, 0.5) is 19.0 Å². The fourth-order valence-electron chi connectivity index (χ4n) is 1.55. The van der Waals surface area contributed by atoms with E-state index in [1.165, 1.54) is 12.3 Å². The molecule has 1 aromatic rings. The lowest BCUT2D eigenvalue weighted by Gasteiger charge is -2.25. The summed E-state index contributed by atoms with van der Waals surface area (Å²) in [6.07, 6.45) is -3.10. The minimum absolute atomic E-state index is 0.0505. The molecular formula is C12H19F3N4O. The van der Waals surface area contributed by atoms with E-state index in [-0.39, 0.29) is 17.8 Å². The molecule has 0 aliphatic rings. The first kappa shape index (κ1) is 16.3. The fourth-order valence-corrected chi connectivity index (χ4v) is 1.55. The first-order chi connectivity index (χ1) is 9.10. The van der Waals surface area contributed by atoms with Gasteiger partial charge in [-0.15, -0.1) is 0 Å². The molecule has 1 heterocycles. The van der Waals surface area contributed by atoms with Crippen molar-refractivity contribution in [1.82, 2.24) is 14.7 Å². The summed E-state index contributed by atoms with van der Waals surface area (Å²) < 4.78 is 37.4. The van der Waals surface area contributed by atoms with Crippen molar-refractivity contribution in [2.75, 3.05) is 12.4 Å². The molecule has 1 rings (SSSR count). The standard InChI is InChI=1S/C12H19F3N4O/c1-8(2)18(4)11(20)9(3)16-10-5-6-19(17-10)7-12(13,14)15/h5-6,8-9H,7H2,1-4H3,(H,16,17)/t9-/m1/s1. The van der Waals surface area contributed by atoms with Gasteiger partial charge in [-0.25, -0.2) is 0 Å². The zero-order chi connectivity index (χ0) is 15.5. The van der Waals surface area contributed by atoms with E-state index < -0.39 is 18.8 Å². The number of anilines is 1. The van der Waals surface area contributed by atoms with E-state index in [1.54, 1.807) is 18.9 Å². The van der Waals surface area contributed by atoms with Crippen LogP contribution in [0.1, 0.15) is 20.8 Å². The van der Waals surface area contributed by atoms with E-state index in [2.05, 4.69) is 10.4 Å². The van der Waals surface area contributed by atoms with Gasteiger partial charge in [0, 0.05) is 25.4 Å². The van der Waals surface area contributed by atoms with Gasteiger partial charge >= 0.3 is 6.18 Å². The van der Waals surface area contributed by atoms with Gasteiger partial charge in [-0.1, -0.05) is 0 Å². The van der Waals surface area contributed by atoms with Crippen LogP contribution in [0.3, 0.4) is 0 Å². The fraction of sp³-hybridized carbons (Fsp3) is 0.667. The van der Waals surface area contributed by atoms with Crippen molar-refractivity contribution >= 4 is 11.7 Å². The van der Waals surface area contributed by atoms with Gasteiger partial charge in [0.1, 0.15) is 18.4 Å². The maximum atomic E-state index is 12.2. The average molecular weight is 292 g/mol. The summed E-state index contributed by atoms with van der Waals surface area (Å²) in [5.74, 6) is 0.0950. The predicted octanol–water partition coefficient (Wildman–Crippen LogP) is 2.11. The zero-order valence-electron chi connectivity index (χ0n) is 11.9. The summed E-state index contributed by atoms with van der Waals surface area (Å²) in [5, 5.41) is 6.53. The highest BCUT2D eigenvalue weighted by molar-refractivity contribution is 5.83. The highest BCUT2D eigenvalue weighted by atomic mass is 19.4. The number of hydrogen-bond acceptors (Lipinski definition) is 3. The number of alkyl halides is 3. The molecule has 0 aliphatic carbocycles. The second-order valence-electron chi connectivity index (χ2n) is 4.92. The van der Waals surface area contributed by atoms with Crippen LogP contribution in [-0.2, 0) is 11.3 Å². The number of nitrogens with zero attached hydrogens (tertiary/aromatic N) is 3. The van der Waals surface area contributed by atoms with Gasteiger partial charge in [0.2, 0.25) is 5.91 Å². The number of halogens is 3. The Morgan fingerprint density at radius 1 is 1.45 bits per heavy atom. The van der Waals surface area contributed by atoms with Crippen molar-refractivity contribution in [3.05, 3.63) is 12.3 Å². The summed E-state index contributed by atoms with van der Waals surface area (Å²) in [6.45, 7) is 4.25. The Hall–Kier alpha value is -1.73. The lowest BCUT2D eigenvalue weighted by molar-refractivity contribution is -0.142. The quantitative estimate of drug-likeness (QED) is 0.904. The number of hydrogen-bond donors (Lipinski definition) is 1. The summed E-state index contributed by atoms with van der Waals surface area (Å²) in [6, 6.07) is 0.899. The number of rotatable bonds is 5. The van der Waals surface area contributed by atoms with Gasteiger partial charge in [0.25, 0.3) is 0 Å². The summed E-state index contributed by atoms with van der Waals surface area (Å²) in [5.41, 5.74) is 0. The Labute approximate surface area is 115 Å². The number of amides is 1. The molecular weight excluding hydrogens is 273 g/mol. The first-order valence-electron chi connectivity index (χ1n) is 6.23. The van der Waals surface area contributed by atoms with E-state index in [1.807, 2.05) is 13.8 Å². The van der Waals surface area contributed by atoms with E-state index >= 15 is 0 Å². The Morgan fingerprint density at radius 2 is 2.05 bits per heavy atom. The van der Waals surface area contributed by atoms with Crippen molar-refractivity contribution in [1.29, 1.82) is 0 Å². The van der Waals surface area contributed by atoms with Crippen molar-refractivity contribution in [2.45, 2.75) is 45.6 Å². The van der Waals surface area contributed by atoms with Gasteiger partial charge < -0.3 is 10.2 Å². The average Bonchev–Trinajstić information content (AvgIpc) is 2.71. The van der Waals surface area contributed by atoms with Crippen LogP contribution in [-0.4, -0.2) is 45.9 Å². The molecule has 114 valence electrons. The van der Waals surface area contributed by atoms with E-state index in [0.29, 0.717) is 0 Å². The molecule has 0 saturated heterocycles. The lowest BCUT2D eigenvalue weighted by atomic mass is 10.2. The lowest BCUT2D eigenvalue weighted by Crippen LogP contribution is -2.42. The van der Waals surface area contributed by atoms with Crippen LogP contribution in [0.5, 0.6) is 0 Å². The van der Waals surface area contributed by atoms with Crippen molar-refractivity contribution in [3.63, 3.8) is 0 Å². The second kappa shape index (κ2) is 6.15.